The summed E-state index contributed by atoms with van der Waals surface area (Å²) in [6.07, 6.45) is 1.07. The maximum absolute atomic E-state index is 14.4. The van der Waals surface area contributed by atoms with Gasteiger partial charge in [-0.3, -0.25) is 9.48 Å². The molecule has 234 valence electrons. The van der Waals surface area contributed by atoms with E-state index < -0.39 is 17.7 Å². The average Bonchev–Trinajstić information content (AvgIpc) is 3.48. The van der Waals surface area contributed by atoms with Crippen molar-refractivity contribution in [1.82, 2.24) is 14.8 Å². The largest absolute Gasteiger partial charge is 0.494 e. The van der Waals surface area contributed by atoms with Crippen molar-refractivity contribution in [2.75, 3.05) is 19.0 Å². The Morgan fingerprint density at radius 2 is 1.73 bits per heavy atom. The highest BCUT2D eigenvalue weighted by atomic mass is 35.5. The number of aromatic amines is 1. The van der Waals surface area contributed by atoms with Gasteiger partial charge in [0.2, 0.25) is 0 Å². The number of aryl methyl sites for hydroxylation is 5. The fourth-order valence-corrected chi connectivity index (χ4v) is 6.01. The van der Waals surface area contributed by atoms with Crippen LogP contribution >= 0.6 is 23.2 Å². The number of hydrogen-bond donors (Lipinski definition) is 2. The molecule has 0 aliphatic carbocycles. The zero-order valence-electron chi connectivity index (χ0n) is 25.8. The van der Waals surface area contributed by atoms with E-state index in [4.69, 9.17) is 32.7 Å². The van der Waals surface area contributed by atoms with Gasteiger partial charge in [0.15, 0.2) is 0 Å². The number of amides is 1. The smallest absolute Gasteiger partial charge is 0.338 e. The Bertz CT molecular complexity index is 1940. The molecular weight excluding hydrogens is 618 g/mol. The van der Waals surface area contributed by atoms with Crippen LogP contribution in [0.25, 0.3) is 22.0 Å². The van der Waals surface area contributed by atoms with Crippen molar-refractivity contribution in [1.29, 1.82) is 0 Å². The van der Waals surface area contributed by atoms with Gasteiger partial charge in [-0.2, -0.15) is 5.10 Å². The van der Waals surface area contributed by atoms with Gasteiger partial charge >= 0.3 is 5.97 Å². The molecule has 0 aliphatic rings. The summed E-state index contributed by atoms with van der Waals surface area (Å²) in [5, 5.41) is 9.34. The molecule has 45 heavy (non-hydrogen) atoms. The van der Waals surface area contributed by atoms with Crippen LogP contribution in [0.2, 0.25) is 10.0 Å². The molecule has 3 aromatic carbocycles. The summed E-state index contributed by atoms with van der Waals surface area (Å²) < 4.78 is 27.0. The number of aromatic nitrogens is 3. The van der Waals surface area contributed by atoms with Crippen LogP contribution in [0, 0.1) is 33.5 Å². The first-order valence-corrected chi connectivity index (χ1v) is 15.1. The second kappa shape index (κ2) is 12.9. The highest BCUT2D eigenvalue weighted by Gasteiger charge is 2.24. The van der Waals surface area contributed by atoms with Gasteiger partial charge in [-0.05, 0) is 93.6 Å². The van der Waals surface area contributed by atoms with Crippen molar-refractivity contribution in [3.63, 3.8) is 0 Å². The molecular formula is C34H33Cl2FN4O4. The Hall–Kier alpha value is -4.34. The van der Waals surface area contributed by atoms with Gasteiger partial charge in [-0.25, -0.2) is 9.18 Å². The van der Waals surface area contributed by atoms with E-state index in [9.17, 15) is 14.0 Å². The molecule has 2 N–H and O–H groups in total. The lowest BCUT2D eigenvalue weighted by Gasteiger charge is -2.11. The SMILES string of the molecule is COC(=O)c1cc(F)cc(NC(=O)c2[nH]c3c(-c4c(C)nn(C)c4C)c(Cl)ccc3c2CCCOc2cc(C)c(Cl)c(C)c2)c1. The van der Waals surface area contributed by atoms with Crippen molar-refractivity contribution in [2.45, 2.75) is 40.5 Å². The minimum atomic E-state index is -0.719. The third kappa shape index (κ3) is 6.41. The minimum Gasteiger partial charge on any atom is -0.494 e. The molecule has 11 heteroatoms. The van der Waals surface area contributed by atoms with Gasteiger partial charge in [0, 0.05) is 40.0 Å². The zero-order chi connectivity index (χ0) is 32.6. The van der Waals surface area contributed by atoms with E-state index in [0.29, 0.717) is 35.0 Å². The number of carbonyl (C=O) groups is 2. The van der Waals surface area contributed by atoms with Gasteiger partial charge in [0.25, 0.3) is 5.91 Å². The Kier molecular flexibility index (Phi) is 9.23. The van der Waals surface area contributed by atoms with Gasteiger partial charge < -0.3 is 19.8 Å². The van der Waals surface area contributed by atoms with E-state index in [1.165, 1.54) is 13.2 Å². The molecule has 0 radical (unpaired) electrons. The molecule has 0 unspecified atom stereocenters. The van der Waals surface area contributed by atoms with Gasteiger partial charge in [0.1, 0.15) is 17.3 Å². The predicted octanol–water partition coefficient (Wildman–Crippen LogP) is 8.30. The highest BCUT2D eigenvalue weighted by Crippen LogP contribution is 2.40. The fourth-order valence-electron chi connectivity index (χ4n) is 5.65. The molecule has 0 bridgehead atoms. The van der Waals surface area contributed by atoms with Crippen LogP contribution in [0.1, 0.15) is 55.3 Å². The number of hydrogen-bond acceptors (Lipinski definition) is 5. The molecule has 8 nitrogen and oxygen atoms in total. The van der Waals surface area contributed by atoms with Crippen molar-refractivity contribution in [2.24, 2.45) is 7.05 Å². The lowest BCUT2D eigenvalue weighted by molar-refractivity contribution is 0.0600. The first kappa shape index (κ1) is 32.1. The molecule has 5 aromatic rings. The summed E-state index contributed by atoms with van der Waals surface area (Å²) in [4.78, 5) is 29.2. The summed E-state index contributed by atoms with van der Waals surface area (Å²) >= 11 is 13.1. The number of nitrogens with zero attached hydrogens (tertiary/aromatic N) is 2. The molecule has 5 rings (SSSR count). The van der Waals surface area contributed by atoms with Crippen LogP contribution in [-0.4, -0.2) is 40.4 Å². The van der Waals surface area contributed by atoms with Crippen molar-refractivity contribution < 1.29 is 23.5 Å². The molecule has 1 amide bonds. The summed E-state index contributed by atoms with van der Waals surface area (Å²) in [6.45, 7) is 8.12. The minimum absolute atomic E-state index is 0.0221. The fraction of sp³-hybridized carbons (Fsp3) is 0.265. The number of H-pyrrole nitrogens is 1. The van der Waals surface area contributed by atoms with Gasteiger partial charge in [-0.1, -0.05) is 29.3 Å². The Labute approximate surface area is 270 Å². The summed E-state index contributed by atoms with van der Waals surface area (Å²) in [7, 11) is 3.07. The third-order valence-corrected chi connectivity index (χ3v) is 8.76. The average molecular weight is 652 g/mol. The van der Waals surface area contributed by atoms with E-state index in [1.807, 2.05) is 59.0 Å². The number of benzene rings is 3. The second-order valence-electron chi connectivity index (χ2n) is 11.0. The third-order valence-electron chi connectivity index (χ3n) is 7.84. The van der Waals surface area contributed by atoms with Gasteiger partial charge in [0.05, 0.1) is 35.5 Å². The number of methoxy groups -OCH3 is 1. The highest BCUT2D eigenvalue weighted by molar-refractivity contribution is 6.35. The second-order valence-corrected chi connectivity index (χ2v) is 11.8. The van der Waals surface area contributed by atoms with Gasteiger partial charge in [-0.15, -0.1) is 0 Å². The Morgan fingerprint density at radius 3 is 2.38 bits per heavy atom. The van der Waals surface area contributed by atoms with Crippen LogP contribution < -0.4 is 10.1 Å². The number of nitrogens with one attached hydrogen (secondary N) is 2. The van der Waals surface area contributed by atoms with E-state index >= 15 is 0 Å². The predicted molar refractivity (Wildman–Crippen MR) is 175 cm³/mol. The number of rotatable bonds is 9. The summed E-state index contributed by atoms with van der Waals surface area (Å²) in [6, 6.07) is 11.0. The number of fused-ring (bicyclic) bond motifs is 1. The quantitative estimate of drug-likeness (QED) is 0.123. The topological polar surface area (TPSA) is 98.2 Å². The number of halogens is 3. The summed E-state index contributed by atoms with van der Waals surface area (Å²) in [5.41, 5.74) is 6.99. The molecule has 0 fully saturated rings. The molecule has 2 aromatic heterocycles. The Balaban J connectivity index is 1.54. The first-order valence-electron chi connectivity index (χ1n) is 14.3. The normalized spacial score (nSPS) is 11.2. The van der Waals surface area contributed by atoms with Crippen molar-refractivity contribution in [3.05, 3.63) is 97.7 Å². The molecule has 0 spiro atoms. The van der Waals surface area contributed by atoms with E-state index in [1.54, 1.807) is 4.68 Å². The monoisotopic (exact) mass is 650 g/mol. The summed E-state index contributed by atoms with van der Waals surface area (Å²) in [5.74, 6) is -1.19. The van der Waals surface area contributed by atoms with Crippen LogP contribution in [-0.2, 0) is 18.2 Å². The Morgan fingerprint density at radius 1 is 1.02 bits per heavy atom. The maximum Gasteiger partial charge on any atom is 0.338 e. The number of ether oxygens (including phenoxy) is 2. The first-order chi connectivity index (χ1) is 21.4. The zero-order valence-corrected chi connectivity index (χ0v) is 27.3. The molecule has 2 heterocycles. The maximum atomic E-state index is 14.4. The van der Waals surface area contributed by atoms with E-state index in [-0.39, 0.29) is 16.9 Å². The van der Waals surface area contributed by atoms with E-state index in [2.05, 4.69) is 15.4 Å². The lowest BCUT2D eigenvalue weighted by atomic mass is 9.98. The number of carbonyl (C=O) groups excluding carboxylic acids is 2. The number of anilines is 1. The molecule has 0 saturated heterocycles. The van der Waals surface area contributed by atoms with Crippen LogP contribution in [0.15, 0.2) is 42.5 Å². The van der Waals surface area contributed by atoms with Crippen molar-refractivity contribution in [3.8, 4) is 16.9 Å². The molecule has 0 aliphatic heterocycles. The van der Waals surface area contributed by atoms with Crippen LogP contribution in [0.5, 0.6) is 5.75 Å². The molecule has 0 saturated carbocycles. The van der Waals surface area contributed by atoms with E-state index in [0.717, 1.165) is 62.5 Å². The standard InChI is InChI=1S/C34H33Cl2FN4O4/c1-17-12-24(13-18(2)30(17)36)45-11-7-8-25-26-9-10-27(35)29(28-19(3)40-41(5)20(28)4)31(26)39-32(25)33(42)38-23-15-21(34(43)44-6)14-22(37)16-23/h9-10,12-16,39H,7-8,11H2,1-6H3,(H,38,42). The number of esters is 1. The molecule has 0 atom stereocenters. The van der Waals surface area contributed by atoms with Crippen LogP contribution in [0.4, 0.5) is 10.1 Å². The van der Waals surface area contributed by atoms with Crippen LogP contribution in [0.3, 0.4) is 0 Å². The lowest BCUT2D eigenvalue weighted by Crippen LogP contribution is -2.15. The van der Waals surface area contributed by atoms with Crippen molar-refractivity contribution >= 4 is 51.7 Å².